The number of piperazine rings is 1. The monoisotopic (exact) mass is 503 g/mol. The molecule has 2 fully saturated rings. The van der Waals surface area contributed by atoms with Crippen molar-refractivity contribution in [3.05, 3.63) is 58.8 Å². The normalized spacial score (nSPS) is 21.3. The molecule has 0 spiro atoms. The first-order chi connectivity index (χ1) is 16.7. The first-order valence-corrected chi connectivity index (χ1v) is 11.9. The Morgan fingerprint density at radius 1 is 1.11 bits per heavy atom. The lowest BCUT2D eigenvalue weighted by atomic mass is 10.0. The maximum absolute atomic E-state index is 13.4. The van der Waals surface area contributed by atoms with Gasteiger partial charge in [-0.25, -0.2) is 4.98 Å². The lowest BCUT2D eigenvalue weighted by molar-refractivity contribution is -0.138. The summed E-state index contributed by atoms with van der Waals surface area (Å²) in [5.41, 5.74) is 2.34. The van der Waals surface area contributed by atoms with Gasteiger partial charge in [-0.2, -0.15) is 13.2 Å². The SMILES string of the molecule is O=C1CCC(N2Cc3cc(CN4CCN(c5ncccc5C(F)(F)F)CC4)ccc3C2=S)C(=O)N1. The number of anilines is 1. The van der Waals surface area contributed by atoms with Crippen molar-refractivity contribution in [3.63, 3.8) is 0 Å². The van der Waals surface area contributed by atoms with E-state index in [9.17, 15) is 22.8 Å². The first kappa shape index (κ1) is 23.7. The Labute approximate surface area is 205 Å². The number of fused-ring (bicyclic) bond motifs is 1. The summed E-state index contributed by atoms with van der Waals surface area (Å²) in [7, 11) is 0. The number of alkyl halides is 3. The topological polar surface area (TPSA) is 68.8 Å². The molecule has 2 amide bonds. The number of hydrogen-bond acceptors (Lipinski definition) is 6. The van der Waals surface area contributed by atoms with Crippen molar-refractivity contribution in [2.45, 2.75) is 38.1 Å². The molecular weight excluding hydrogens is 479 g/mol. The maximum Gasteiger partial charge on any atom is 0.419 e. The van der Waals surface area contributed by atoms with Crippen LogP contribution in [0.2, 0.25) is 0 Å². The summed E-state index contributed by atoms with van der Waals surface area (Å²) in [6, 6.07) is 7.99. The molecule has 1 N–H and O–H groups in total. The van der Waals surface area contributed by atoms with Gasteiger partial charge >= 0.3 is 6.18 Å². The van der Waals surface area contributed by atoms with Crippen molar-refractivity contribution >= 4 is 34.8 Å². The van der Waals surface area contributed by atoms with Crippen LogP contribution in [-0.2, 0) is 28.9 Å². The van der Waals surface area contributed by atoms with Gasteiger partial charge in [0.15, 0.2) is 0 Å². The Bertz CT molecular complexity index is 1180. The van der Waals surface area contributed by atoms with Crippen LogP contribution in [0.3, 0.4) is 0 Å². The first-order valence-electron chi connectivity index (χ1n) is 11.5. The van der Waals surface area contributed by atoms with Gasteiger partial charge in [-0.1, -0.05) is 30.4 Å². The van der Waals surface area contributed by atoms with Gasteiger partial charge in [0.05, 0.1) is 5.56 Å². The van der Waals surface area contributed by atoms with E-state index >= 15 is 0 Å². The highest BCUT2D eigenvalue weighted by Crippen LogP contribution is 2.35. The molecule has 2 aromatic rings. The molecule has 4 heterocycles. The number of nitrogens with zero attached hydrogens (tertiary/aromatic N) is 4. The fraction of sp³-hybridized carbons (Fsp3) is 0.417. The molecule has 5 rings (SSSR count). The van der Waals surface area contributed by atoms with Crippen molar-refractivity contribution < 1.29 is 22.8 Å². The molecule has 1 aromatic heterocycles. The van der Waals surface area contributed by atoms with Crippen LogP contribution in [0.5, 0.6) is 0 Å². The number of piperidine rings is 1. The second-order valence-corrected chi connectivity index (χ2v) is 9.41. The predicted molar refractivity (Wildman–Crippen MR) is 127 cm³/mol. The molecule has 1 aromatic carbocycles. The van der Waals surface area contributed by atoms with Crippen molar-refractivity contribution in [1.82, 2.24) is 20.1 Å². The van der Waals surface area contributed by atoms with E-state index in [1.165, 1.54) is 12.3 Å². The number of carbonyl (C=O) groups is 2. The number of amides is 2. The predicted octanol–water partition coefficient (Wildman–Crippen LogP) is 2.72. The van der Waals surface area contributed by atoms with Crippen LogP contribution in [0.25, 0.3) is 0 Å². The average molecular weight is 504 g/mol. The highest BCUT2D eigenvalue weighted by atomic mass is 32.1. The minimum atomic E-state index is -4.44. The summed E-state index contributed by atoms with van der Waals surface area (Å²) < 4.78 is 40.1. The summed E-state index contributed by atoms with van der Waals surface area (Å²) in [4.78, 5) is 34.2. The van der Waals surface area contributed by atoms with Gasteiger partial charge in [-0.15, -0.1) is 0 Å². The number of carbonyl (C=O) groups excluding carboxylic acids is 2. The minimum absolute atomic E-state index is 0.0146. The molecule has 1 unspecified atom stereocenters. The van der Waals surface area contributed by atoms with E-state index in [1.807, 2.05) is 17.0 Å². The average Bonchev–Trinajstić information content (AvgIpc) is 3.14. The molecule has 35 heavy (non-hydrogen) atoms. The zero-order chi connectivity index (χ0) is 24.7. The molecule has 3 aliphatic rings. The highest BCUT2D eigenvalue weighted by molar-refractivity contribution is 7.80. The van der Waals surface area contributed by atoms with Crippen molar-refractivity contribution in [3.8, 4) is 0 Å². The second kappa shape index (κ2) is 9.19. The molecule has 11 heteroatoms. The van der Waals surface area contributed by atoms with Crippen LogP contribution >= 0.6 is 12.2 Å². The lowest BCUT2D eigenvalue weighted by Crippen LogP contribution is -2.52. The van der Waals surface area contributed by atoms with Gasteiger partial charge < -0.3 is 9.80 Å². The Hall–Kier alpha value is -3.05. The summed E-state index contributed by atoms with van der Waals surface area (Å²) >= 11 is 5.62. The van der Waals surface area contributed by atoms with E-state index in [-0.39, 0.29) is 17.6 Å². The second-order valence-electron chi connectivity index (χ2n) is 9.03. The Balaban J connectivity index is 1.22. The maximum atomic E-state index is 13.4. The number of nitrogens with one attached hydrogen (secondary N) is 1. The molecule has 7 nitrogen and oxygen atoms in total. The van der Waals surface area contributed by atoms with Crippen molar-refractivity contribution in [2.24, 2.45) is 0 Å². The van der Waals surface area contributed by atoms with E-state index in [0.29, 0.717) is 57.1 Å². The number of aromatic nitrogens is 1. The van der Waals surface area contributed by atoms with Gasteiger partial charge in [0.25, 0.3) is 0 Å². The third kappa shape index (κ3) is 4.74. The molecule has 184 valence electrons. The number of imide groups is 1. The lowest BCUT2D eigenvalue weighted by Gasteiger charge is -2.36. The van der Waals surface area contributed by atoms with E-state index in [0.717, 1.165) is 22.8 Å². The highest BCUT2D eigenvalue weighted by Gasteiger charge is 2.38. The fourth-order valence-corrected chi connectivity index (χ4v) is 5.36. The van der Waals surface area contributed by atoms with Crippen LogP contribution in [0, 0.1) is 0 Å². The molecule has 1 atom stereocenters. The number of hydrogen-bond donors (Lipinski definition) is 1. The van der Waals surface area contributed by atoms with Gasteiger partial charge in [0.1, 0.15) is 16.8 Å². The standard InChI is InChI=1S/C24H24F3N5O2S/c25-24(26,27)18-2-1-7-28-21(18)31-10-8-30(9-11-31)13-15-3-4-17-16(12-15)14-32(23(17)35)19-5-6-20(33)29-22(19)34/h1-4,7,12,19H,5-6,8-11,13-14H2,(H,29,33,34). The zero-order valence-corrected chi connectivity index (χ0v) is 19.7. The quantitative estimate of drug-likeness (QED) is 0.508. The van der Waals surface area contributed by atoms with Crippen LogP contribution in [0.4, 0.5) is 19.0 Å². The molecule has 0 radical (unpaired) electrons. The number of halogens is 3. The van der Waals surface area contributed by atoms with Gasteiger partial charge in [0, 0.05) is 57.4 Å². The number of benzene rings is 1. The third-order valence-electron chi connectivity index (χ3n) is 6.76. The number of pyridine rings is 1. The third-order valence-corrected chi connectivity index (χ3v) is 7.21. The Kier molecular flexibility index (Phi) is 6.22. The molecular formula is C24H24F3N5O2S. The van der Waals surface area contributed by atoms with Crippen molar-refractivity contribution in [1.29, 1.82) is 0 Å². The van der Waals surface area contributed by atoms with Crippen molar-refractivity contribution in [2.75, 3.05) is 31.1 Å². The van der Waals surface area contributed by atoms with Gasteiger partial charge in [0.2, 0.25) is 11.8 Å². The summed E-state index contributed by atoms with van der Waals surface area (Å²) in [6.07, 6.45) is -2.30. The largest absolute Gasteiger partial charge is 0.419 e. The summed E-state index contributed by atoms with van der Waals surface area (Å²) in [5, 5.41) is 2.39. The van der Waals surface area contributed by atoms with E-state index in [2.05, 4.69) is 21.3 Å². The number of rotatable bonds is 4. The smallest absolute Gasteiger partial charge is 0.354 e. The van der Waals surface area contributed by atoms with Crippen LogP contribution in [-0.4, -0.2) is 63.8 Å². The molecule has 0 aliphatic carbocycles. The molecule has 3 aliphatic heterocycles. The summed E-state index contributed by atoms with van der Waals surface area (Å²) in [5.74, 6) is -0.579. The Morgan fingerprint density at radius 2 is 1.89 bits per heavy atom. The molecule has 0 bridgehead atoms. The van der Waals surface area contributed by atoms with Gasteiger partial charge in [-0.05, 0) is 29.7 Å². The van der Waals surface area contributed by atoms with E-state index in [1.54, 1.807) is 4.90 Å². The molecule has 2 saturated heterocycles. The number of thiocarbonyl (C=S) groups is 1. The summed E-state index contributed by atoms with van der Waals surface area (Å²) in [6.45, 7) is 3.33. The fourth-order valence-electron chi connectivity index (χ4n) is 4.97. The zero-order valence-electron chi connectivity index (χ0n) is 18.8. The molecule has 0 saturated carbocycles. The van der Waals surface area contributed by atoms with Crippen LogP contribution < -0.4 is 10.2 Å². The minimum Gasteiger partial charge on any atom is -0.354 e. The van der Waals surface area contributed by atoms with E-state index in [4.69, 9.17) is 12.2 Å². The van der Waals surface area contributed by atoms with Gasteiger partial charge in [-0.3, -0.25) is 19.8 Å². The van der Waals surface area contributed by atoms with Crippen LogP contribution in [0.15, 0.2) is 36.5 Å². The van der Waals surface area contributed by atoms with E-state index < -0.39 is 17.8 Å². The Morgan fingerprint density at radius 3 is 2.60 bits per heavy atom. The van der Waals surface area contributed by atoms with Crippen LogP contribution in [0.1, 0.15) is 35.1 Å².